The quantitative estimate of drug-likeness (QED) is 0.0259. The molecule has 0 saturated heterocycles. The number of carbonyl (C=O) groups is 6. The van der Waals surface area contributed by atoms with Crippen LogP contribution in [0.1, 0.15) is 234 Å². The van der Waals surface area contributed by atoms with Gasteiger partial charge in [-0.2, -0.15) is 0 Å². The lowest BCUT2D eigenvalue weighted by molar-refractivity contribution is -0.138. The molecule has 72 heavy (non-hydrogen) atoms. The molecule has 0 aliphatic heterocycles. The Kier molecular flexibility index (Phi) is 85.0. The highest BCUT2D eigenvalue weighted by molar-refractivity contribution is 5.68. The van der Waals surface area contributed by atoms with Crippen molar-refractivity contribution >= 4 is 35.8 Å². The summed E-state index contributed by atoms with van der Waals surface area (Å²) in [5, 5.41) is 117. The van der Waals surface area contributed by atoms with Crippen molar-refractivity contribution in [1.82, 2.24) is 0 Å². The number of aliphatic hydroxyl groups is 8. The van der Waals surface area contributed by atoms with Crippen LogP contribution in [0, 0.1) is 10.8 Å². The number of hydrogen-bond acceptors (Lipinski definition) is 14. The van der Waals surface area contributed by atoms with Crippen molar-refractivity contribution < 1.29 is 100 Å². The van der Waals surface area contributed by atoms with Crippen molar-refractivity contribution in [2.75, 3.05) is 52.9 Å². The van der Waals surface area contributed by atoms with E-state index < -0.39 is 99.5 Å². The van der Waals surface area contributed by atoms with E-state index in [1.54, 1.807) is 0 Å². The molecule has 0 fully saturated rings. The van der Waals surface area contributed by atoms with Gasteiger partial charge < -0.3 is 71.5 Å². The van der Waals surface area contributed by atoms with Gasteiger partial charge in [0.2, 0.25) is 0 Å². The van der Waals surface area contributed by atoms with Crippen LogP contribution in [0.4, 0.5) is 0 Å². The van der Waals surface area contributed by atoms with E-state index >= 15 is 0 Å². The maximum Gasteiger partial charge on any atom is 0.303 e. The monoisotopic (exact) mass is 1050 g/mol. The molecule has 14 N–H and O–H groups in total. The average molecular weight is 1050 g/mol. The molecule has 436 valence electrons. The number of aliphatic carboxylic acids is 6. The molecule has 20 heteroatoms. The van der Waals surface area contributed by atoms with E-state index in [4.69, 9.17) is 71.5 Å². The van der Waals surface area contributed by atoms with Crippen LogP contribution in [0.15, 0.2) is 0 Å². The average Bonchev–Trinajstić information content (AvgIpc) is 3.35. The third-order valence-electron chi connectivity index (χ3n) is 10.1. The van der Waals surface area contributed by atoms with Crippen LogP contribution in [0.5, 0.6) is 0 Å². The van der Waals surface area contributed by atoms with E-state index in [0.717, 1.165) is 116 Å². The van der Waals surface area contributed by atoms with E-state index in [1.165, 1.54) is 38.5 Å². The highest BCUT2D eigenvalue weighted by atomic mass is 16.4. The first-order valence-corrected chi connectivity index (χ1v) is 26.3. The van der Waals surface area contributed by atoms with Crippen LogP contribution in [-0.4, -0.2) is 160 Å². The summed E-state index contributed by atoms with van der Waals surface area (Å²) in [6, 6.07) is 0. The first-order valence-electron chi connectivity index (χ1n) is 26.3. The molecule has 0 saturated carbocycles. The molecule has 0 atom stereocenters. The second-order valence-electron chi connectivity index (χ2n) is 17.5. The van der Waals surface area contributed by atoms with Gasteiger partial charge in [0.1, 0.15) is 0 Å². The molecule has 0 unspecified atom stereocenters. The summed E-state index contributed by atoms with van der Waals surface area (Å²) >= 11 is 0. The first-order chi connectivity index (χ1) is 34.1. The second kappa shape index (κ2) is 71.8. The van der Waals surface area contributed by atoms with E-state index in [-0.39, 0.29) is 0 Å². The van der Waals surface area contributed by atoms with Crippen molar-refractivity contribution in [2.45, 2.75) is 234 Å². The SMILES string of the molecule is CCCCCCC(=O)O.CCCCCCC(=O)O.CCCCCCC(=O)O.CCCCCCC(=O)O.CCCCCCC(=O)O.CCCCCCC(=O)O.OCC(CO)(CO)CO.OCC(CO)(CO)CO. The van der Waals surface area contributed by atoms with Gasteiger partial charge in [0.25, 0.3) is 0 Å². The molecule has 0 aromatic carbocycles. The Bertz CT molecular complexity index is 905. The lowest BCUT2D eigenvalue weighted by Gasteiger charge is -2.23. The number of unbranched alkanes of at least 4 members (excludes halogenated alkanes) is 18. The zero-order chi connectivity index (χ0) is 57.3. The summed E-state index contributed by atoms with van der Waals surface area (Å²) in [5.74, 6) is -4.05. The number of hydrogen-bond donors (Lipinski definition) is 14. The van der Waals surface area contributed by atoms with E-state index in [1.807, 2.05) is 0 Å². The Morgan fingerprint density at radius 1 is 0.222 bits per heavy atom. The van der Waals surface area contributed by atoms with Crippen LogP contribution < -0.4 is 0 Å². The smallest absolute Gasteiger partial charge is 0.303 e. The number of aliphatic hydroxyl groups excluding tert-OH is 8. The maximum atomic E-state index is 9.96. The Morgan fingerprint density at radius 2 is 0.333 bits per heavy atom. The summed E-state index contributed by atoms with van der Waals surface area (Å²) in [5.41, 5.74) is -2.22. The Labute approximate surface area is 432 Å². The van der Waals surface area contributed by atoms with Gasteiger partial charge in [-0.05, 0) is 38.5 Å². The van der Waals surface area contributed by atoms with Crippen molar-refractivity contribution in [1.29, 1.82) is 0 Å². The molecule has 0 rings (SSSR count). The lowest BCUT2D eigenvalue weighted by atomic mass is 9.93. The molecule has 0 amide bonds. The summed E-state index contributed by atoms with van der Waals surface area (Å²) < 4.78 is 0. The second-order valence-corrected chi connectivity index (χ2v) is 17.5. The van der Waals surface area contributed by atoms with Gasteiger partial charge in [-0.1, -0.05) is 157 Å². The molecular formula is C52H108O20. The minimum atomic E-state index is -1.11. The zero-order valence-electron chi connectivity index (χ0n) is 45.6. The molecule has 0 aromatic rings. The van der Waals surface area contributed by atoms with Gasteiger partial charge in [-0.25, -0.2) is 0 Å². The molecule has 0 aromatic heterocycles. The summed E-state index contributed by atoms with van der Waals surface area (Å²) in [4.78, 5) is 59.8. The molecule has 0 heterocycles. The highest BCUT2D eigenvalue weighted by Gasteiger charge is 2.27. The van der Waals surface area contributed by atoms with Gasteiger partial charge in [0.15, 0.2) is 0 Å². The van der Waals surface area contributed by atoms with Crippen molar-refractivity contribution in [3.05, 3.63) is 0 Å². The maximum absolute atomic E-state index is 9.96. The fourth-order valence-electron chi connectivity index (χ4n) is 4.82. The number of carboxylic acid groups (broad SMARTS) is 6. The molecule has 20 nitrogen and oxygen atoms in total. The molecule has 0 aliphatic rings. The first kappa shape index (κ1) is 85.3. The van der Waals surface area contributed by atoms with Crippen molar-refractivity contribution in [2.24, 2.45) is 10.8 Å². The zero-order valence-corrected chi connectivity index (χ0v) is 45.6. The van der Waals surface area contributed by atoms with Crippen LogP contribution in [0.3, 0.4) is 0 Å². The minimum Gasteiger partial charge on any atom is -0.481 e. The Balaban J connectivity index is -0.000000108. The molecule has 0 bridgehead atoms. The predicted octanol–water partition coefficient (Wildman–Crippen LogP) is 8.13. The van der Waals surface area contributed by atoms with Gasteiger partial charge >= 0.3 is 35.8 Å². The predicted molar refractivity (Wildman–Crippen MR) is 280 cm³/mol. The van der Waals surface area contributed by atoms with Gasteiger partial charge in [0.05, 0.1) is 63.7 Å². The number of carboxylic acids is 6. The highest BCUT2D eigenvalue weighted by Crippen LogP contribution is 2.13. The summed E-state index contributed by atoms with van der Waals surface area (Å²) in [6.45, 7) is 9.42. The van der Waals surface area contributed by atoms with Crippen LogP contribution in [0.25, 0.3) is 0 Å². The fourth-order valence-corrected chi connectivity index (χ4v) is 4.82. The third-order valence-corrected chi connectivity index (χ3v) is 10.1. The lowest BCUT2D eigenvalue weighted by Crippen LogP contribution is -2.37. The topological polar surface area (TPSA) is 386 Å². The summed E-state index contributed by atoms with van der Waals surface area (Å²) in [7, 11) is 0. The third kappa shape index (κ3) is 89.4. The number of rotatable bonds is 38. The largest absolute Gasteiger partial charge is 0.481 e. The van der Waals surface area contributed by atoms with E-state index in [9.17, 15) is 28.8 Å². The molecule has 0 radical (unpaired) electrons. The van der Waals surface area contributed by atoms with Crippen LogP contribution in [0.2, 0.25) is 0 Å². The van der Waals surface area contributed by atoms with E-state index in [2.05, 4.69) is 41.5 Å². The van der Waals surface area contributed by atoms with Crippen LogP contribution >= 0.6 is 0 Å². The Hall–Kier alpha value is -3.50. The normalized spacial score (nSPS) is 10.1. The van der Waals surface area contributed by atoms with Crippen LogP contribution in [-0.2, 0) is 28.8 Å². The van der Waals surface area contributed by atoms with E-state index in [0.29, 0.717) is 38.5 Å². The fraction of sp³-hybridized carbons (Fsp3) is 0.885. The van der Waals surface area contributed by atoms with Gasteiger partial charge in [-0.3, -0.25) is 28.8 Å². The molecule has 0 spiro atoms. The summed E-state index contributed by atoms with van der Waals surface area (Å²) in [6.07, 6.45) is 27.3. The van der Waals surface area contributed by atoms with Gasteiger partial charge in [0, 0.05) is 38.5 Å². The minimum absolute atomic E-state index is 0.333. The van der Waals surface area contributed by atoms with Gasteiger partial charge in [-0.15, -0.1) is 0 Å². The van der Waals surface area contributed by atoms with Crippen molar-refractivity contribution in [3.63, 3.8) is 0 Å². The molecular weight excluding hydrogens is 945 g/mol. The van der Waals surface area contributed by atoms with Crippen molar-refractivity contribution in [3.8, 4) is 0 Å². The molecule has 0 aliphatic carbocycles. The Morgan fingerprint density at radius 3 is 0.389 bits per heavy atom. The standard InChI is InChI=1S/6C7H14O2.2C5H12O4/c6*1-2-3-4-5-6-7(8)9;2*6-1-5(2-7,3-8)4-9/h6*2-6H2,1H3,(H,8,9);2*6-9H,1-4H2.